The molecule has 2 heterocycles. The molecule has 116 valence electrons. The van der Waals surface area contributed by atoms with Gasteiger partial charge in [-0.05, 0) is 12.8 Å². The van der Waals surface area contributed by atoms with Crippen LogP contribution < -0.4 is 0 Å². The van der Waals surface area contributed by atoms with Gasteiger partial charge in [0.05, 0.1) is 31.5 Å². The molecule has 0 aliphatic carbocycles. The van der Waals surface area contributed by atoms with Crippen molar-refractivity contribution < 1.29 is 27.4 Å². The fourth-order valence-electron chi connectivity index (χ4n) is 2.50. The number of carbonyl (C=O) groups is 1. The quantitative estimate of drug-likeness (QED) is 0.667. The Labute approximate surface area is 119 Å². The Morgan fingerprint density at radius 1 is 1.30 bits per heavy atom. The molecule has 2 saturated heterocycles. The number of esters is 1. The highest BCUT2D eigenvalue weighted by Gasteiger charge is 2.36. The molecule has 20 heavy (non-hydrogen) atoms. The fraction of sp³-hybridized carbons (Fsp3) is 0.917. The topological polar surface area (TPSA) is 82.1 Å². The second kappa shape index (κ2) is 6.84. The normalized spacial score (nSPS) is 26.4. The first-order chi connectivity index (χ1) is 9.54. The van der Waals surface area contributed by atoms with E-state index in [1.54, 1.807) is 0 Å². The molecule has 2 aliphatic rings. The molecular formula is C12H21NO6S. The molecule has 7 nitrogen and oxygen atoms in total. The summed E-state index contributed by atoms with van der Waals surface area (Å²) in [7, 11) is -2.03. The van der Waals surface area contributed by atoms with E-state index in [-0.39, 0.29) is 24.2 Å². The predicted molar refractivity (Wildman–Crippen MR) is 70.7 cm³/mol. The van der Waals surface area contributed by atoms with Gasteiger partial charge in [0.1, 0.15) is 0 Å². The maximum Gasteiger partial charge on any atom is 0.308 e. The molecule has 2 aliphatic heterocycles. The van der Waals surface area contributed by atoms with Gasteiger partial charge in [0.15, 0.2) is 0 Å². The van der Waals surface area contributed by atoms with Crippen LogP contribution in [0, 0.1) is 0 Å². The van der Waals surface area contributed by atoms with Gasteiger partial charge >= 0.3 is 5.97 Å². The first-order valence-electron chi connectivity index (χ1n) is 6.79. The first-order valence-corrected chi connectivity index (χ1v) is 8.29. The highest BCUT2D eigenvalue weighted by molar-refractivity contribution is 7.89. The molecule has 8 heteroatoms. The van der Waals surface area contributed by atoms with Crippen molar-refractivity contribution in [2.24, 2.45) is 0 Å². The average Bonchev–Trinajstić information content (AvgIpc) is 2.48. The third kappa shape index (κ3) is 3.69. The number of morpholine rings is 1. The molecule has 0 saturated carbocycles. The van der Waals surface area contributed by atoms with E-state index in [0.29, 0.717) is 39.2 Å². The van der Waals surface area contributed by atoms with Crippen LogP contribution in [0.4, 0.5) is 0 Å². The monoisotopic (exact) mass is 307 g/mol. The Balaban J connectivity index is 1.98. The summed E-state index contributed by atoms with van der Waals surface area (Å²) in [6, 6.07) is 0. The molecule has 0 aromatic rings. The number of rotatable bonds is 4. The third-order valence-corrected chi connectivity index (χ3v) is 6.04. The summed E-state index contributed by atoms with van der Waals surface area (Å²) in [6.07, 6.45) is 0.713. The van der Waals surface area contributed by atoms with Crippen molar-refractivity contribution in [2.45, 2.75) is 30.6 Å². The molecule has 1 atom stereocenters. The van der Waals surface area contributed by atoms with Crippen molar-refractivity contribution in [2.75, 3.05) is 40.0 Å². The van der Waals surface area contributed by atoms with Gasteiger partial charge in [-0.1, -0.05) is 0 Å². The Kier molecular flexibility index (Phi) is 5.36. The van der Waals surface area contributed by atoms with E-state index in [4.69, 9.17) is 9.47 Å². The summed E-state index contributed by atoms with van der Waals surface area (Å²) in [5, 5.41) is -0.381. The zero-order chi connectivity index (χ0) is 14.6. The third-order valence-electron chi connectivity index (χ3n) is 3.67. The van der Waals surface area contributed by atoms with Gasteiger partial charge in [-0.3, -0.25) is 4.79 Å². The first kappa shape index (κ1) is 15.7. The molecule has 0 radical (unpaired) electrons. The van der Waals surface area contributed by atoms with E-state index < -0.39 is 16.1 Å². The maximum atomic E-state index is 12.5. The van der Waals surface area contributed by atoms with Crippen molar-refractivity contribution in [1.29, 1.82) is 0 Å². The lowest BCUT2D eigenvalue weighted by Gasteiger charge is -2.35. The van der Waals surface area contributed by atoms with Crippen LogP contribution in [0.5, 0.6) is 0 Å². The number of methoxy groups -OCH3 is 1. The van der Waals surface area contributed by atoms with E-state index in [1.807, 2.05) is 0 Å². The van der Waals surface area contributed by atoms with Gasteiger partial charge in [0, 0.05) is 26.3 Å². The number of hydrogen-bond acceptors (Lipinski definition) is 6. The summed E-state index contributed by atoms with van der Waals surface area (Å²) in [5.41, 5.74) is 0. The summed E-state index contributed by atoms with van der Waals surface area (Å²) in [5.74, 6) is -0.389. The van der Waals surface area contributed by atoms with E-state index >= 15 is 0 Å². The summed E-state index contributed by atoms with van der Waals surface area (Å²) in [6.45, 7) is 1.84. The molecule has 0 aromatic heterocycles. The summed E-state index contributed by atoms with van der Waals surface area (Å²) < 4.78 is 41.7. The number of hydrogen-bond donors (Lipinski definition) is 0. The second-order valence-corrected chi connectivity index (χ2v) is 7.20. The Hall–Kier alpha value is -0.700. The van der Waals surface area contributed by atoms with Gasteiger partial charge < -0.3 is 14.2 Å². The SMILES string of the molecule is COC(=O)CC1CN(S(=O)(=O)C2CCOCC2)CCO1. The van der Waals surface area contributed by atoms with E-state index in [1.165, 1.54) is 11.4 Å². The van der Waals surface area contributed by atoms with Crippen molar-refractivity contribution in [3.8, 4) is 0 Å². The predicted octanol–water partition coefficient (Wildman–Crippen LogP) is -0.241. The largest absolute Gasteiger partial charge is 0.469 e. The van der Waals surface area contributed by atoms with Crippen molar-refractivity contribution >= 4 is 16.0 Å². The van der Waals surface area contributed by atoms with Gasteiger partial charge in [-0.25, -0.2) is 8.42 Å². The lowest BCUT2D eigenvalue weighted by Crippen LogP contribution is -2.50. The van der Waals surface area contributed by atoms with Crippen LogP contribution >= 0.6 is 0 Å². The van der Waals surface area contributed by atoms with E-state index in [0.717, 1.165) is 0 Å². The Bertz CT molecular complexity index is 431. The lowest BCUT2D eigenvalue weighted by molar-refractivity contribution is -0.145. The summed E-state index contributed by atoms with van der Waals surface area (Å²) >= 11 is 0. The molecule has 1 unspecified atom stereocenters. The number of nitrogens with zero attached hydrogens (tertiary/aromatic N) is 1. The van der Waals surface area contributed by atoms with Crippen molar-refractivity contribution in [3.05, 3.63) is 0 Å². The smallest absolute Gasteiger partial charge is 0.308 e. The molecule has 0 spiro atoms. The van der Waals surface area contributed by atoms with Gasteiger partial charge in [-0.15, -0.1) is 0 Å². The minimum atomic E-state index is -3.34. The van der Waals surface area contributed by atoms with Crippen LogP contribution in [0.25, 0.3) is 0 Å². The minimum Gasteiger partial charge on any atom is -0.469 e. The van der Waals surface area contributed by atoms with Crippen LogP contribution in [0.15, 0.2) is 0 Å². The fourth-order valence-corrected chi connectivity index (χ4v) is 4.41. The second-order valence-electron chi connectivity index (χ2n) is 4.99. The molecule has 0 amide bonds. The molecule has 0 aromatic carbocycles. The Morgan fingerprint density at radius 3 is 2.65 bits per heavy atom. The summed E-state index contributed by atoms with van der Waals surface area (Å²) in [4.78, 5) is 11.3. The van der Waals surface area contributed by atoms with Gasteiger partial charge in [-0.2, -0.15) is 4.31 Å². The van der Waals surface area contributed by atoms with Crippen molar-refractivity contribution in [1.82, 2.24) is 4.31 Å². The standard InChI is InChI=1S/C12H21NO6S/c1-17-12(14)8-10-9-13(4-7-19-10)20(15,16)11-2-5-18-6-3-11/h10-11H,2-9H2,1H3. The van der Waals surface area contributed by atoms with Crippen LogP contribution in [0.3, 0.4) is 0 Å². The van der Waals surface area contributed by atoms with Gasteiger partial charge in [0.2, 0.25) is 10.0 Å². The number of carbonyl (C=O) groups excluding carboxylic acids is 1. The van der Waals surface area contributed by atoms with E-state index in [9.17, 15) is 13.2 Å². The zero-order valence-corrected chi connectivity index (χ0v) is 12.4. The van der Waals surface area contributed by atoms with Crippen LogP contribution in [0.2, 0.25) is 0 Å². The molecule has 0 N–H and O–H groups in total. The molecular weight excluding hydrogens is 286 g/mol. The highest BCUT2D eigenvalue weighted by atomic mass is 32.2. The highest BCUT2D eigenvalue weighted by Crippen LogP contribution is 2.22. The number of sulfonamides is 1. The minimum absolute atomic E-state index is 0.0797. The van der Waals surface area contributed by atoms with Gasteiger partial charge in [0.25, 0.3) is 0 Å². The average molecular weight is 307 g/mol. The van der Waals surface area contributed by atoms with Crippen LogP contribution in [0.1, 0.15) is 19.3 Å². The number of ether oxygens (including phenoxy) is 3. The van der Waals surface area contributed by atoms with Crippen molar-refractivity contribution in [3.63, 3.8) is 0 Å². The molecule has 0 bridgehead atoms. The van der Waals surface area contributed by atoms with Crippen LogP contribution in [-0.4, -0.2) is 70.1 Å². The maximum absolute atomic E-state index is 12.5. The lowest BCUT2D eigenvalue weighted by atomic mass is 10.2. The zero-order valence-electron chi connectivity index (χ0n) is 11.6. The van der Waals surface area contributed by atoms with Crippen LogP contribution in [-0.2, 0) is 29.0 Å². The van der Waals surface area contributed by atoms with E-state index in [2.05, 4.69) is 4.74 Å². The molecule has 2 fully saturated rings. The molecule has 2 rings (SSSR count). The Morgan fingerprint density at radius 2 is 2.00 bits per heavy atom.